The molecule has 0 atom stereocenters. The average molecular weight is 425 g/mol. The summed E-state index contributed by atoms with van der Waals surface area (Å²) >= 11 is 1.30. The number of ether oxygens (including phenoxy) is 1. The fourth-order valence-electron chi connectivity index (χ4n) is 2.88. The van der Waals surface area contributed by atoms with E-state index in [0.717, 1.165) is 22.9 Å². The molecule has 1 aromatic heterocycles. The number of thiazole rings is 1. The van der Waals surface area contributed by atoms with E-state index in [1.165, 1.54) is 30.4 Å². The summed E-state index contributed by atoms with van der Waals surface area (Å²) in [6.07, 6.45) is 0.507. The quantitative estimate of drug-likeness (QED) is 0.308. The molecule has 0 spiro atoms. The van der Waals surface area contributed by atoms with E-state index in [1.807, 2.05) is 32.0 Å². The molecule has 0 bridgehead atoms. The van der Waals surface area contributed by atoms with Gasteiger partial charge in [0.15, 0.2) is 11.4 Å². The van der Waals surface area contributed by atoms with Crippen molar-refractivity contribution in [3.63, 3.8) is 0 Å². The molecule has 154 valence electrons. The lowest BCUT2D eigenvalue weighted by molar-refractivity contribution is -0.384. The minimum atomic E-state index is -0.576. The molecule has 0 saturated carbocycles. The third-order valence-electron chi connectivity index (χ3n) is 4.57. The van der Waals surface area contributed by atoms with Gasteiger partial charge in [-0.2, -0.15) is 0 Å². The lowest BCUT2D eigenvalue weighted by Crippen LogP contribution is -2.23. The number of nitrogens with zero attached hydrogens (tertiary/aromatic N) is 3. The highest BCUT2D eigenvalue weighted by Crippen LogP contribution is 2.33. The fourth-order valence-corrected chi connectivity index (χ4v) is 3.74. The van der Waals surface area contributed by atoms with Crippen LogP contribution in [0.25, 0.3) is 0 Å². The average Bonchev–Trinajstić information content (AvgIpc) is 3.17. The van der Waals surface area contributed by atoms with Crippen molar-refractivity contribution >= 4 is 40.0 Å². The number of non-ortho nitro benzene ring substituents is 1. The number of hydrogen-bond donors (Lipinski definition) is 0. The minimum Gasteiger partial charge on any atom is -0.487 e. The first-order valence-corrected chi connectivity index (χ1v) is 9.87. The number of aromatic nitrogens is 1. The van der Waals surface area contributed by atoms with Gasteiger partial charge in [0, 0.05) is 24.4 Å². The Labute approximate surface area is 176 Å². The molecule has 3 aromatic rings. The highest BCUT2D eigenvalue weighted by Gasteiger charge is 2.20. The summed E-state index contributed by atoms with van der Waals surface area (Å²) in [7, 11) is 0. The summed E-state index contributed by atoms with van der Waals surface area (Å²) < 4.78 is 5.64. The lowest BCUT2D eigenvalue weighted by Gasteiger charge is -2.21. The summed E-state index contributed by atoms with van der Waals surface area (Å²) in [5.74, 6) is 0.0623. The van der Waals surface area contributed by atoms with Crippen molar-refractivity contribution in [1.82, 2.24) is 4.98 Å². The van der Waals surface area contributed by atoms with Crippen molar-refractivity contribution in [3.8, 4) is 5.75 Å². The first-order valence-electron chi connectivity index (χ1n) is 8.99. The molecule has 0 N–H and O–H groups in total. The predicted molar refractivity (Wildman–Crippen MR) is 114 cm³/mol. The van der Waals surface area contributed by atoms with Crippen LogP contribution < -0.4 is 9.64 Å². The molecule has 0 aliphatic rings. The number of carbonyl (C=O) groups is 2. The molecule has 8 nitrogen and oxygen atoms in total. The minimum absolute atomic E-state index is 0.0493. The van der Waals surface area contributed by atoms with Crippen molar-refractivity contribution in [3.05, 3.63) is 74.3 Å². The molecule has 1 heterocycles. The second kappa shape index (κ2) is 8.83. The Hall–Kier alpha value is -3.59. The Bertz CT molecular complexity index is 1130. The maximum Gasteiger partial charge on any atom is 0.270 e. The Balaban J connectivity index is 1.82. The Morgan fingerprint density at radius 3 is 2.73 bits per heavy atom. The van der Waals surface area contributed by atoms with Gasteiger partial charge in [0.2, 0.25) is 5.91 Å². The number of carbonyl (C=O) groups excluding carboxylic acids is 2. The van der Waals surface area contributed by atoms with Crippen LogP contribution in [0.3, 0.4) is 0 Å². The van der Waals surface area contributed by atoms with Crippen molar-refractivity contribution in [2.45, 2.75) is 27.4 Å². The molecular weight excluding hydrogens is 406 g/mol. The van der Waals surface area contributed by atoms with E-state index in [4.69, 9.17) is 4.74 Å². The molecule has 0 fully saturated rings. The van der Waals surface area contributed by atoms with Gasteiger partial charge < -0.3 is 4.74 Å². The van der Waals surface area contributed by atoms with E-state index in [9.17, 15) is 19.7 Å². The predicted octanol–water partition coefficient (Wildman–Crippen LogP) is 4.74. The number of nitro groups is 1. The van der Waals surface area contributed by atoms with E-state index in [1.54, 1.807) is 10.3 Å². The summed E-state index contributed by atoms with van der Waals surface area (Å²) in [5, 5.41) is 13.1. The van der Waals surface area contributed by atoms with Gasteiger partial charge in [-0.15, -0.1) is 11.3 Å². The van der Waals surface area contributed by atoms with E-state index in [-0.39, 0.29) is 29.5 Å². The van der Waals surface area contributed by atoms with Crippen molar-refractivity contribution in [1.29, 1.82) is 0 Å². The Morgan fingerprint density at radius 2 is 2.07 bits per heavy atom. The summed E-state index contributed by atoms with van der Waals surface area (Å²) in [6, 6.07) is 9.55. The molecule has 0 saturated heterocycles. The monoisotopic (exact) mass is 425 g/mol. The molecule has 0 radical (unpaired) electrons. The maximum absolute atomic E-state index is 12.3. The Morgan fingerprint density at radius 1 is 1.30 bits per heavy atom. The number of rotatable bonds is 7. The highest BCUT2D eigenvalue weighted by atomic mass is 32.1. The molecule has 30 heavy (non-hydrogen) atoms. The number of nitro benzene ring substituents is 1. The maximum atomic E-state index is 12.3. The second-order valence-corrected chi connectivity index (χ2v) is 7.42. The number of benzene rings is 2. The SMILES string of the molecule is CC(=O)N(c1nc(COc2ccc([N+](=O)[O-])cc2C=O)cs1)c1cccc(C)c1C. The summed E-state index contributed by atoms with van der Waals surface area (Å²) in [6.45, 7) is 5.46. The van der Waals surface area contributed by atoms with Gasteiger partial charge in [-0.05, 0) is 37.1 Å². The number of anilines is 2. The molecule has 0 unspecified atom stereocenters. The van der Waals surface area contributed by atoms with E-state index in [2.05, 4.69) is 4.98 Å². The normalized spacial score (nSPS) is 10.5. The van der Waals surface area contributed by atoms with Crippen LogP contribution in [0, 0.1) is 24.0 Å². The van der Waals surface area contributed by atoms with Crippen LogP contribution in [-0.2, 0) is 11.4 Å². The Kier molecular flexibility index (Phi) is 6.22. The zero-order valence-electron chi connectivity index (χ0n) is 16.6. The molecular formula is C21H19N3O5S. The van der Waals surface area contributed by atoms with Crippen LogP contribution in [0.2, 0.25) is 0 Å². The largest absolute Gasteiger partial charge is 0.487 e. The van der Waals surface area contributed by atoms with Gasteiger partial charge >= 0.3 is 0 Å². The number of aryl methyl sites for hydroxylation is 1. The van der Waals surface area contributed by atoms with Crippen LogP contribution in [0.5, 0.6) is 5.75 Å². The topological polar surface area (TPSA) is 103 Å². The number of amides is 1. The third kappa shape index (κ3) is 4.36. The van der Waals surface area contributed by atoms with Crippen molar-refractivity contribution < 1.29 is 19.2 Å². The van der Waals surface area contributed by atoms with Crippen LogP contribution in [-0.4, -0.2) is 22.1 Å². The van der Waals surface area contributed by atoms with Gasteiger partial charge in [-0.3, -0.25) is 24.6 Å². The number of hydrogen-bond acceptors (Lipinski definition) is 7. The van der Waals surface area contributed by atoms with Crippen LogP contribution in [0.15, 0.2) is 41.8 Å². The van der Waals surface area contributed by atoms with Crippen molar-refractivity contribution in [2.24, 2.45) is 0 Å². The molecule has 3 rings (SSSR count). The lowest BCUT2D eigenvalue weighted by atomic mass is 10.1. The highest BCUT2D eigenvalue weighted by molar-refractivity contribution is 7.14. The molecule has 9 heteroatoms. The van der Waals surface area contributed by atoms with Gasteiger partial charge in [0.05, 0.1) is 21.9 Å². The molecule has 0 aliphatic carbocycles. The summed E-state index contributed by atoms with van der Waals surface area (Å²) in [4.78, 5) is 39.9. The van der Waals surface area contributed by atoms with E-state index < -0.39 is 4.92 Å². The van der Waals surface area contributed by atoms with Crippen molar-refractivity contribution in [2.75, 3.05) is 4.90 Å². The first kappa shape index (κ1) is 21.1. The summed E-state index contributed by atoms with van der Waals surface area (Å²) in [5.41, 5.74) is 3.29. The van der Waals surface area contributed by atoms with Gasteiger partial charge in [-0.1, -0.05) is 12.1 Å². The van der Waals surface area contributed by atoms with Crippen LogP contribution >= 0.6 is 11.3 Å². The smallest absolute Gasteiger partial charge is 0.270 e. The zero-order valence-corrected chi connectivity index (χ0v) is 17.4. The van der Waals surface area contributed by atoms with Crippen LogP contribution in [0.1, 0.15) is 34.1 Å². The standard InChI is InChI=1S/C21H19N3O5S/c1-13-5-4-6-19(14(13)2)23(15(3)26)21-22-17(12-30-21)11-29-20-8-7-18(24(27)28)9-16(20)10-25/h4-10,12H,11H2,1-3H3. The van der Waals surface area contributed by atoms with Gasteiger partial charge in [0.25, 0.3) is 5.69 Å². The van der Waals surface area contributed by atoms with Gasteiger partial charge in [0.1, 0.15) is 12.4 Å². The molecule has 1 amide bonds. The van der Waals surface area contributed by atoms with E-state index in [0.29, 0.717) is 17.1 Å². The number of aldehydes is 1. The third-order valence-corrected chi connectivity index (χ3v) is 5.44. The fraction of sp³-hybridized carbons (Fsp3) is 0.190. The molecule has 2 aromatic carbocycles. The second-order valence-electron chi connectivity index (χ2n) is 6.58. The zero-order chi connectivity index (χ0) is 21.8. The van der Waals surface area contributed by atoms with Gasteiger partial charge in [-0.25, -0.2) is 4.98 Å². The first-order chi connectivity index (χ1) is 14.3. The van der Waals surface area contributed by atoms with Crippen LogP contribution in [0.4, 0.5) is 16.5 Å². The molecule has 0 aliphatic heterocycles. The van der Waals surface area contributed by atoms with E-state index >= 15 is 0 Å².